The second kappa shape index (κ2) is 8.84. The summed E-state index contributed by atoms with van der Waals surface area (Å²) in [6.07, 6.45) is 9.82. The van der Waals surface area contributed by atoms with Crippen LogP contribution >= 0.6 is 0 Å². The molecule has 2 nitrogen and oxygen atoms in total. The number of pyridine rings is 1. The summed E-state index contributed by atoms with van der Waals surface area (Å²) in [5.41, 5.74) is 0.897. The molecule has 0 saturated heterocycles. The molecular formula is C16H25NO. The summed E-state index contributed by atoms with van der Waals surface area (Å²) in [6.45, 7) is 4.18. The molecule has 1 unspecified atom stereocenters. The van der Waals surface area contributed by atoms with E-state index < -0.39 is 0 Å². The number of aromatic nitrogens is 1. The first-order valence-electron chi connectivity index (χ1n) is 7.19. The third-order valence-corrected chi connectivity index (χ3v) is 3.39. The van der Waals surface area contributed by atoms with Gasteiger partial charge in [-0.2, -0.15) is 0 Å². The number of carbonyl (C=O) groups is 1. The zero-order valence-corrected chi connectivity index (χ0v) is 11.7. The van der Waals surface area contributed by atoms with Crippen molar-refractivity contribution in [1.29, 1.82) is 0 Å². The molecular weight excluding hydrogens is 222 g/mol. The fourth-order valence-electron chi connectivity index (χ4n) is 2.09. The second-order valence-electron chi connectivity index (χ2n) is 4.96. The number of nitrogens with zero attached hydrogens (tertiary/aromatic N) is 1. The van der Waals surface area contributed by atoms with Crippen LogP contribution in [0.2, 0.25) is 0 Å². The van der Waals surface area contributed by atoms with Gasteiger partial charge in [-0.25, -0.2) is 0 Å². The molecule has 1 aromatic rings. The van der Waals surface area contributed by atoms with E-state index in [4.69, 9.17) is 0 Å². The third-order valence-electron chi connectivity index (χ3n) is 3.39. The topological polar surface area (TPSA) is 30.0 Å². The molecule has 100 valence electrons. The van der Waals surface area contributed by atoms with E-state index in [2.05, 4.69) is 11.9 Å². The molecule has 0 fully saturated rings. The number of unbranched alkanes of at least 4 members (excludes halogenated alkanes) is 5. The predicted molar refractivity (Wildman–Crippen MR) is 75.7 cm³/mol. The van der Waals surface area contributed by atoms with Crippen LogP contribution in [0.25, 0.3) is 0 Å². The van der Waals surface area contributed by atoms with Crippen LogP contribution in [0.5, 0.6) is 0 Å². The summed E-state index contributed by atoms with van der Waals surface area (Å²) in [7, 11) is 0. The van der Waals surface area contributed by atoms with Gasteiger partial charge in [-0.05, 0) is 25.5 Å². The summed E-state index contributed by atoms with van der Waals surface area (Å²) in [5, 5.41) is 0. The van der Waals surface area contributed by atoms with Gasteiger partial charge >= 0.3 is 0 Å². The largest absolute Gasteiger partial charge is 0.299 e. The fraction of sp³-hybridized carbons (Fsp3) is 0.625. The van der Waals surface area contributed by atoms with E-state index in [-0.39, 0.29) is 5.92 Å². The minimum Gasteiger partial charge on any atom is -0.299 e. The Bertz CT molecular complexity index is 334. The number of hydrogen-bond acceptors (Lipinski definition) is 2. The van der Waals surface area contributed by atoms with E-state index in [0.29, 0.717) is 12.2 Å². The minimum atomic E-state index is -0.0539. The van der Waals surface area contributed by atoms with Crippen molar-refractivity contribution < 1.29 is 4.79 Å². The molecule has 0 spiro atoms. The Morgan fingerprint density at radius 3 is 2.56 bits per heavy atom. The molecule has 1 aromatic heterocycles. The van der Waals surface area contributed by atoms with Gasteiger partial charge in [0.1, 0.15) is 5.78 Å². The second-order valence-corrected chi connectivity index (χ2v) is 4.96. The van der Waals surface area contributed by atoms with Gasteiger partial charge in [0.15, 0.2) is 0 Å². The van der Waals surface area contributed by atoms with Crippen LogP contribution in [0, 0.1) is 0 Å². The van der Waals surface area contributed by atoms with Crippen molar-refractivity contribution in [2.45, 2.75) is 64.7 Å². The highest BCUT2D eigenvalue weighted by Gasteiger charge is 2.15. The van der Waals surface area contributed by atoms with Crippen LogP contribution in [0.15, 0.2) is 24.4 Å². The SMILES string of the molecule is CCCCCCCCC(=O)C(C)c1ccccn1. The highest BCUT2D eigenvalue weighted by atomic mass is 16.1. The zero-order chi connectivity index (χ0) is 13.2. The first kappa shape index (κ1) is 14.9. The van der Waals surface area contributed by atoms with Gasteiger partial charge in [-0.3, -0.25) is 9.78 Å². The smallest absolute Gasteiger partial charge is 0.141 e. The monoisotopic (exact) mass is 247 g/mol. The average molecular weight is 247 g/mol. The molecule has 1 rings (SSSR count). The maximum Gasteiger partial charge on any atom is 0.141 e. The van der Waals surface area contributed by atoms with Crippen molar-refractivity contribution in [2.75, 3.05) is 0 Å². The molecule has 1 heterocycles. The third kappa shape index (κ3) is 5.44. The van der Waals surface area contributed by atoms with E-state index in [1.54, 1.807) is 6.20 Å². The Labute approximate surface area is 111 Å². The molecule has 0 aromatic carbocycles. The van der Waals surface area contributed by atoms with Crippen LogP contribution in [0.4, 0.5) is 0 Å². The van der Waals surface area contributed by atoms with E-state index in [0.717, 1.165) is 12.1 Å². The van der Waals surface area contributed by atoms with Gasteiger partial charge in [0.2, 0.25) is 0 Å². The van der Waals surface area contributed by atoms with Crippen LogP contribution in [0.1, 0.15) is 70.4 Å². The minimum absolute atomic E-state index is 0.0539. The van der Waals surface area contributed by atoms with Crippen molar-refractivity contribution in [3.8, 4) is 0 Å². The van der Waals surface area contributed by atoms with Crippen molar-refractivity contribution >= 4 is 5.78 Å². The van der Waals surface area contributed by atoms with Crippen molar-refractivity contribution in [1.82, 2.24) is 4.98 Å². The molecule has 0 aliphatic carbocycles. The Balaban J connectivity index is 2.20. The molecule has 0 aliphatic heterocycles. The Morgan fingerprint density at radius 1 is 1.17 bits per heavy atom. The highest BCUT2D eigenvalue weighted by Crippen LogP contribution is 2.17. The van der Waals surface area contributed by atoms with Gasteiger partial charge in [0.05, 0.1) is 11.6 Å². The summed E-state index contributed by atoms with van der Waals surface area (Å²) < 4.78 is 0. The van der Waals surface area contributed by atoms with Gasteiger partial charge < -0.3 is 0 Å². The van der Waals surface area contributed by atoms with Crippen LogP contribution < -0.4 is 0 Å². The van der Waals surface area contributed by atoms with Gasteiger partial charge in [0.25, 0.3) is 0 Å². The summed E-state index contributed by atoms with van der Waals surface area (Å²) >= 11 is 0. The number of carbonyl (C=O) groups excluding carboxylic acids is 1. The molecule has 0 amide bonds. The molecule has 1 atom stereocenters. The first-order chi connectivity index (χ1) is 8.75. The maximum absolute atomic E-state index is 12.0. The number of ketones is 1. The summed E-state index contributed by atoms with van der Waals surface area (Å²) in [5.74, 6) is 0.269. The zero-order valence-electron chi connectivity index (χ0n) is 11.7. The molecule has 18 heavy (non-hydrogen) atoms. The quantitative estimate of drug-likeness (QED) is 0.601. The van der Waals surface area contributed by atoms with Gasteiger partial charge in [-0.1, -0.05) is 45.1 Å². The van der Waals surface area contributed by atoms with Crippen molar-refractivity contribution in [2.24, 2.45) is 0 Å². The number of rotatable bonds is 9. The summed E-state index contributed by atoms with van der Waals surface area (Å²) in [4.78, 5) is 16.2. The molecule has 0 saturated carbocycles. The maximum atomic E-state index is 12.0. The lowest BCUT2D eigenvalue weighted by Gasteiger charge is -2.09. The van der Waals surface area contributed by atoms with E-state index >= 15 is 0 Å². The van der Waals surface area contributed by atoms with Gasteiger partial charge in [0, 0.05) is 12.6 Å². The van der Waals surface area contributed by atoms with Gasteiger partial charge in [-0.15, -0.1) is 0 Å². The lowest BCUT2D eigenvalue weighted by molar-refractivity contribution is -0.120. The molecule has 0 N–H and O–H groups in total. The average Bonchev–Trinajstić information content (AvgIpc) is 2.42. The molecule has 0 bridgehead atoms. The number of Topliss-reactive ketones (excluding diaryl/α,β-unsaturated/α-hetero) is 1. The van der Waals surface area contributed by atoms with E-state index in [1.165, 1.54) is 32.1 Å². The summed E-state index contributed by atoms with van der Waals surface area (Å²) in [6, 6.07) is 5.76. The fourth-order valence-corrected chi connectivity index (χ4v) is 2.09. The first-order valence-corrected chi connectivity index (χ1v) is 7.19. The highest BCUT2D eigenvalue weighted by molar-refractivity contribution is 5.84. The molecule has 0 radical (unpaired) electrons. The lowest BCUT2D eigenvalue weighted by Crippen LogP contribution is -2.10. The van der Waals surface area contributed by atoms with Crippen LogP contribution in [-0.2, 0) is 4.79 Å². The normalized spacial score (nSPS) is 12.3. The molecule has 0 aliphatic rings. The predicted octanol–water partition coefficient (Wildman–Crippen LogP) is 4.50. The van der Waals surface area contributed by atoms with E-state index in [1.807, 2.05) is 25.1 Å². The lowest BCUT2D eigenvalue weighted by atomic mass is 9.97. The standard InChI is InChI=1S/C16H25NO/c1-3-4-5-6-7-8-12-16(18)14(2)15-11-9-10-13-17-15/h9-11,13-14H,3-8,12H2,1-2H3. The Kier molecular flexibility index (Phi) is 7.31. The van der Waals surface area contributed by atoms with Crippen molar-refractivity contribution in [3.05, 3.63) is 30.1 Å². The van der Waals surface area contributed by atoms with E-state index in [9.17, 15) is 4.79 Å². The van der Waals surface area contributed by atoms with Crippen LogP contribution in [0.3, 0.4) is 0 Å². The van der Waals surface area contributed by atoms with Crippen LogP contribution in [-0.4, -0.2) is 10.8 Å². The Hall–Kier alpha value is -1.18. The Morgan fingerprint density at radius 2 is 1.89 bits per heavy atom. The van der Waals surface area contributed by atoms with Crippen molar-refractivity contribution in [3.63, 3.8) is 0 Å². The number of hydrogen-bond donors (Lipinski definition) is 0. The molecule has 2 heteroatoms.